The van der Waals surface area contributed by atoms with Gasteiger partial charge in [-0.3, -0.25) is 9.59 Å². The third-order valence-electron chi connectivity index (χ3n) is 5.90. The standard InChI is InChI=1S/C24H27Cl2N3O5/c1-14(2)20(30)24(10-4-3-9-23(24,27)21(31)32)34-19-7-5-17(6-8-19)28-22(33)29-18-12-15(25)11-16(26)13-18/h5-8,11-14H,3-4,9-10,27H2,1-2H3,(H,31,32)(H2,28,29,33). The lowest BCUT2D eigenvalue weighted by Crippen LogP contribution is -2.73. The van der Waals surface area contributed by atoms with Gasteiger partial charge in [0.25, 0.3) is 0 Å². The van der Waals surface area contributed by atoms with Crippen molar-refractivity contribution in [2.45, 2.75) is 50.7 Å². The van der Waals surface area contributed by atoms with Gasteiger partial charge in [-0.25, -0.2) is 4.79 Å². The first-order valence-corrected chi connectivity index (χ1v) is 11.6. The van der Waals surface area contributed by atoms with E-state index in [-0.39, 0.29) is 24.4 Å². The van der Waals surface area contributed by atoms with Crippen molar-refractivity contribution >= 4 is 52.4 Å². The van der Waals surface area contributed by atoms with Crippen LogP contribution in [0.5, 0.6) is 5.75 Å². The van der Waals surface area contributed by atoms with Gasteiger partial charge in [0.2, 0.25) is 0 Å². The van der Waals surface area contributed by atoms with E-state index in [1.807, 2.05) is 0 Å². The Morgan fingerprint density at radius 2 is 1.53 bits per heavy atom. The smallest absolute Gasteiger partial charge is 0.328 e. The number of nitrogens with one attached hydrogen (secondary N) is 2. The number of hydrogen-bond acceptors (Lipinski definition) is 5. The predicted octanol–water partition coefficient (Wildman–Crippen LogP) is 5.34. The molecule has 34 heavy (non-hydrogen) atoms. The number of nitrogens with two attached hydrogens (primary N) is 1. The average molecular weight is 508 g/mol. The van der Waals surface area contributed by atoms with Gasteiger partial charge >= 0.3 is 12.0 Å². The van der Waals surface area contributed by atoms with Crippen LogP contribution in [-0.4, -0.2) is 34.0 Å². The number of carbonyl (C=O) groups excluding carboxylic acids is 2. The molecule has 182 valence electrons. The van der Waals surface area contributed by atoms with Crippen LogP contribution in [0.2, 0.25) is 10.0 Å². The number of Topliss-reactive ketones (excluding diaryl/α,β-unsaturated/α-hetero) is 1. The molecule has 0 heterocycles. The maximum Gasteiger partial charge on any atom is 0.328 e. The Balaban J connectivity index is 1.79. The van der Waals surface area contributed by atoms with Crippen LogP contribution in [0.1, 0.15) is 39.5 Å². The lowest BCUT2D eigenvalue weighted by Gasteiger charge is -2.47. The third kappa shape index (κ3) is 5.29. The fraction of sp³-hybridized carbons (Fsp3) is 0.375. The maximum absolute atomic E-state index is 13.2. The molecule has 1 saturated carbocycles. The summed E-state index contributed by atoms with van der Waals surface area (Å²) in [6.07, 6.45) is 1.55. The number of carboxylic acids is 1. The van der Waals surface area contributed by atoms with Crippen LogP contribution in [-0.2, 0) is 9.59 Å². The molecule has 0 spiro atoms. The van der Waals surface area contributed by atoms with E-state index in [1.165, 1.54) is 0 Å². The van der Waals surface area contributed by atoms with Gasteiger partial charge in [-0.2, -0.15) is 0 Å². The molecule has 0 aliphatic heterocycles. The molecule has 2 atom stereocenters. The van der Waals surface area contributed by atoms with Crippen LogP contribution in [0.3, 0.4) is 0 Å². The quantitative estimate of drug-likeness (QED) is 0.400. The predicted molar refractivity (Wildman–Crippen MR) is 132 cm³/mol. The van der Waals surface area contributed by atoms with E-state index in [0.29, 0.717) is 34.3 Å². The molecule has 2 aromatic rings. The van der Waals surface area contributed by atoms with E-state index >= 15 is 0 Å². The number of ketones is 1. The van der Waals surface area contributed by atoms with Gasteiger partial charge in [-0.1, -0.05) is 43.5 Å². The van der Waals surface area contributed by atoms with Gasteiger partial charge in [0.05, 0.1) is 0 Å². The van der Waals surface area contributed by atoms with Crippen LogP contribution in [0, 0.1) is 5.92 Å². The number of anilines is 2. The second-order valence-corrected chi connectivity index (χ2v) is 9.57. The second-order valence-electron chi connectivity index (χ2n) is 8.69. The van der Waals surface area contributed by atoms with Crippen molar-refractivity contribution in [3.8, 4) is 5.75 Å². The molecule has 0 bridgehead atoms. The van der Waals surface area contributed by atoms with Crippen LogP contribution < -0.4 is 21.1 Å². The van der Waals surface area contributed by atoms with Gasteiger partial charge in [-0.05, 0) is 61.7 Å². The van der Waals surface area contributed by atoms with Crippen molar-refractivity contribution in [1.29, 1.82) is 0 Å². The number of benzene rings is 2. The topological polar surface area (TPSA) is 131 Å². The fourth-order valence-corrected chi connectivity index (χ4v) is 4.74. The number of carbonyl (C=O) groups is 3. The van der Waals surface area contributed by atoms with Crippen molar-refractivity contribution in [2.75, 3.05) is 10.6 Å². The molecule has 1 fully saturated rings. The zero-order valence-electron chi connectivity index (χ0n) is 18.9. The zero-order valence-corrected chi connectivity index (χ0v) is 20.4. The van der Waals surface area contributed by atoms with Gasteiger partial charge in [-0.15, -0.1) is 0 Å². The van der Waals surface area contributed by atoms with E-state index in [0.717, 1.165) is 0 Å². The molecule has 3 rings (SSSR count). The largest absolute Gasteiger partial charge is 0.480 e. The third-order valence-corrected chi connectivity index (χ3v) is 6.34. The first-order valence-electron chi connectivity index (χ1n) is 10.9. The maximum atomic E-state index is 13.2. The molecule has 10 heteroatoms. The number of halogens is 2. The molecule has 2 aromatic carbocycles. The van der Waals surface area contributed by atoms with Crippen LogP contribution in [0.15, 0.2) is 42.5 Å². The summed E-state index contributed by atoms with van der Waals surface area (Å²) in [5.41, 5.74) is 3.66. The van der Waals surface area contributed by atoms with E-state index in [1.54, 1.807) is 56.3 Å². The number of aliphatic carboxylic acids is 1. The number of carboxylic acid groups (broad SMARTS) is 1. The number of ether oxygens (including phenoxy) is 1. The minimum absolute atomic E-state index is 0.133. The number of rotatable bonds is 7. The zero-order chi connectivity index (χ0) is 25.1. The highest BCUT2D eigenvalue weighted by molar-refractivity contribution is 6.35. The Bertz CT molecular complexity index is 1070. The summed E-state index contributed by atoms with van der Waals surface area (Å²) in [6.45, 7) is 3.39. The van der Waals surface area contributed by atoms with Gasteiger partial charge in [0.15, 0.2) is 16.9 Å². The minimum atomic E-state index is -1.85. The van der Waals surface area contributed by atoms with Gasteiger partial charge < -0.3 is 26.2 Å². The summed E-state index contributed by atoms with van der Waals surface area (Å²) in [6, 6.07) is 10.4. The minimum Gasteiger partial charge on any atom is -0.480 e. The lowest BCUT2D eigenvalue weighted by atomic mass is 9.65. The molecule has 1 aliphatic rings. The molecule has 5 N–H and O–H groups in total. The van der Waals surface area contributed by atoms with Gasteiger partial charge in [0, 0.05) is 27.3 Å². The highest BCUT2D eigenvalue weighted by Gasteiger charge is 2.62. The van der Waals surface area contributed by atoms with Crippen molar-refractivity contribution in [2.24, 2.45) is 11.7 Å². The van der Waals surface area contributed by atoms with E-state index in [2.05, 4.69) is 10.6 Å². The van der Waals surface area contributed by atoms with Crippen LogP contribution in [0.25, 0.3) is 0 Å². The van der Waals surface area contributed by atoms with Crippen molar-refractivity contribution in [3.05, 3.63) is 52.5 Å². The molecular formula is C24H27Cl2N3O5. The summed E-state index contributed by atoms with van der Waals surface area (Å²) in [5.74, 6) is -1.80. The Morgan fingerprint density at radius 1 is 0.971 bits per heavy atom. The molecule has 2 unspecified atom stereocenters. The van der Waals surface area contributed by atoms with E-state index in [4.69, 9.17) is 33.7 Å². The molecule has 2 amide bonds. The van der Waals surface area contributed by atoms with Crippen molar-refractivity contribution in [3.63, 3.8) is 0 Å². The molecule has 1 aliphatic carbocycles. The van der Waals surface area contributed by atoms with Crippen molar-refractivity contribution < 1.29 is 24.2 Å². The number of urea groups is 1. The average Bonchev–Trinajstić information content (AvgIpc) is 2.75. The molecule has 0 aromatic heterocycles. The van der Waals surface area contributed by atoms with E-state index < -0.39 is 29.1 Å². The monoisotopic (exact) mass is 507 g/mol. The second kappa shape index (κ2) is 10.2. The molecular weight excluding hydrogens is 481 g/mol. The normalized spacial score (nSPS) is 22.2. The van der Waals surface area contributed by atoms with Crippen LogP contribution >= 0.6 is 23.2 Å². The first kappa shape index (κ1) is 25.8. The highest BCUT2D eigenvalue weighted by Crippen LogP contribution is 2.42. The fourth-order valence-electron chi connectivity index (χ4n) is 4.21. The van der Waals surface area contributed by atoms with E-state index in [9.17, 15) is 19.5 Å². The summed E-state index contributed by atoms with van der Waals surface area (Å²) in [5, 5.41) is 16.0. The Kier molecular flexibility index (Phi) is 7.75. The molecule has 8 nitrogen and oxygen atoms in total. The summed E-state index contributed by atoms with van der Waals surface area (Å²) in [7, 11) is 0. The summed E-state index contributed by atoms with van der Waals surface area (Å²) >= 11 is 11.9. The SMILES string of the molecule is CC(C)C(=O)C1(Oc2ccc(NC(=O)Nc3cc(Cl)cc(Cl)c3)cc2)CCCCC1(N)C(=O)O. The lowest BCUT2D eigenvalue weighted by molar-refractivity contribution is -0.167. The highest BCUT2D eigenvalue weighted by atomic mass is 35.5. The molecule has 0 radical (unpaired) electrons. The van der Waals surface area contributed by atoms with Crippen LogP contribution in [0.4, 0.5) is 16.2 Å². The first-order chi connectivity index (χ1) is 16.0. The van der Waals surface area contributed by atoms with Crippen molar-refractivity contribution in [1.82, 2.24) is 0 Å². The number of amides is 2. The molecule has 0 saturated heterocycles. The number of hydrogen-bond donors (Lipinski definition) is 4. The Hall–Kier alpha value is -2.81. The Labute approximate surface area is 207 Å². The summed E-state index contributed by atoms with van der Waals surface area (Å²) in [4.78, 5) is 37.7. The summed E-state index contributed by atoms with van der Waals surface area (Å²) < 4.78 is 6.11. The Morgan fingerprint density at radius 3 is 2.09 bits per heavy atom. The van der Waals surface area contributed by atoms with Gasteiger partial charge in [0.1, 0.15) is 5.75 Å².